The molecular formula is C6H11N3O. The van der Waals surface area contributed by atoms with E-state index in [1.807, 2.05) is 30.3 Å². The maximum absolute atomic E-state index is 6.50. The molecule has 0 heterocycles. The van der Waals surface area contributed by atoms with E-state index >= 15 is 0 Å². The van der Waals surface area contributed by atoms with Crippen LogP contribution in [0.25, 0.3) is 0 Å². The Balaban J connectivity index is 0.000000371. The number of nitrogens with two attached hydrogens (primary N) is 2. The molecule has 0 amide bonds. The van der Waals surface area contributed by atoms with Gasteiger partial charge in [0.05, 0.1) is 0 Å². The van der Waals surface area contributed by atoms with Crippen LogP contribution in [0.1, 0.15) is 0 Å². The van der Waals surface area contributed by atoms with Gasteiger partial charge in [-0.15, -0.1) is 0 Å². The van der Waals surface area contributed by atoms with E-state index in [-0.39, 0.29) is 0 Å². The standard InChI is InChI=1S/C6H8N2.H3NO/c7-8-6-4-2-1-3-5-6;1-2/h1-5,8H,7H2;2H,1H2. The Bertz CT molecular complexity index is 154. The number of hydrogen-bond acceptors (Lipinski definition) is 4. The van der Waals surface area contributed by atoms with Crippen LogP contribution in [0.4, 0.5) is 5.69 Å². The molecule has 0 aliphatic carbocycles. The lowest BCUT2D eigenvalue weighted by atomic mass is 10.3. The van der Waals surface area contributed by atoms with Gasteiger partial charge in [0.15, 0.2) is 0 Å². The Hall–Kier alpha value is -1.10. The molecule has 0 atom stereocenters. The van der Waals surface area contributed by atoms with Crippen LogP contribution in [0.3, 0.4) is 0 Å². The fourth-order valence-electron chi connectivity index (χ4n) is 0.534. The van der Waals surface area contributed by atoms with Crippen molar-refractivity contribution >= 4 is 5.69 Å². The van der Waals surface area contributed by atoms with Crippen LogP contribution in [0.2, 0.25) is 0 Å². The zero-order chi connectivity index (χ0) is 7.82. The molecule has 10 heavy (non-hydrogen) atoms. The molecule has 0 unspecified atom stereocenters. The Morgan fingerprint density at radius 1 is 1.10 bits per heavy atom. The molecule has 0 radical (unpaired) electrons. The summed E-state index contributed by atoms with van der Waals surface area (Å²) in [7, 11) is 0. The molecule has 1 aromatic carbocycles. The first kappa shape index (κ1) is 8.90. The summed E-state index contributed by atoms with van der Waals surface area (Å²) in [6, 6.07) is 9.60. The Morgan fingerprint density at radius 2 is 1.60 bits per heavy atom. The molecule has 0 fully saturated rings. The second kappa shape index (κ2) is 6.03. The molecule has 0 aromatic heterocycles. The summed E-state index contributed by atoms with van der Waals surface area (Å²) in [6.07, 6.45) is 0. The van der Waals surface area contributed by atoms with Crippen molar-refractivity contribution in [1.29, 1.82) is 0 Å². The monoisotopic (exact) mass is 141 g/mol. The van der Waals surface area contributed by atoms with Crippen LogP contribution >= 0.6 is 0 Å². The lowest BCUT2D eigenvalue weighted by molar-refractivity contribution is 0.311. The zero-order valence-corrected chi connectivity index (χ0v) is 5.49. The SMILES string of the molecule is NNc1ccccc1.NO. The average Bonchev–Trinajstić information content (AvgIpc) is 2.10. The number of nitrogens with one attached hydrogen (secondary N) is 1. The topological polar surface area (TPSA) is 84.3 Å². The van der Waals surface area contributed by atoms with E-state index in [0.717, 1.165) is 5.69 Å². The molecule has 0 saturated carbocycles. The largest absolute Gasteiger partial charge is 0.324 e. The van der Waals surface area contributed by atoms with Gasteiger partial charge in [0.1, 0.15) is 0 Å². The summed E-state index contributed by atoms with van der Waals surface area (Å²) in [5.74, 6) is 8.60. The molecule has 4 nitrogen and oxygen atoms in total. The van der Waals surface area contributed by atoms with Gasteiger partial charge in [-0.2, -0.15) is 0 Å². The fourth-order valence-corrected chi connectivity index (χ4v) is 0.534. The summed E-state index contributed by atoms with van der Waals surface area (Å²) < 4.78 is 0. The Kier molecular flexibility index (Phi) is 5.36. The van der Waals surface area contributed by atoms with Gasteiger partial charge in [-0.05, 0) is 12.1 Å². The highest BCUT2D eigenvalue weighted by Crippen LogP contribution is 2.00. The van der Waals surface area contributed by atoms with Crippen LogP contribution in [0.5, 0.6) is 0 Å². The number of nitrogen functional groups attached to an aromatic ring is 1. The van der Waals surface area contributed by atoms with Crippen molar-refractivity contribution in [1.82, 2.24) is 0 Å². The summed E-state index contributed by atoms with van der Waals surface area (Å²) in [5.41, 5.74) is 3.46. The van der Waals surface area contributed by atoms with Crippen molar-refractivity contribution in [3.63, 3.8) is 0 Å². The van der Waals surface area contributed by atoms with Crippen molar-refractivity contribution < 1.29 is 5.21 Å². The molecular weight excluding hydrogens is 130 g/mol. The number of rotatable bonds is 1. The first-order chi connectivity index (χ1) is 4.93. The minimum Gasteiger partial charge on any atom is -0.324 e. The van der Waals surface area contributed by atoms with E-state index in [1.54, 1.807) is 0 Å². The smallest absolute Gasteiger partial charge is 0.0485 e. The lowest BCUT2D eigenvalue weighted by Gasteiger charge is -1.94. The third-order valence-electron chi connectivity index (χ3n) is 0.940. The van der Waals surface area contributed by atoms with E-state index in [0.29, 0.717) is 0 Å². The summed E-state index contributed by atoms with van der Waals surface area (Å²) in [6.45, 7) is 0. The highest BCUT2D eigenvalue weighted by Gasteiger charge is 1.78. The molecule has 0 aliphatic heterocycles. The molecule has 4 heteroatoms. The van der Waals surface area contributed by atoms with Crippen LogP contribution in [0.15, 0.2) is 30.3 Å². The van der Waals surface area contributed by atoms with Gasteiger partial charge in [0.25, 0.3) is 0 Å². The highest BCUT2D eigenvalue weighted by molar-refractivity contribution is 5.40. The van der Waals surface area contributed by atoms with Gasteiger partial charge in [0, 0.05) is 5.69 Å². The maximum Gasteiger partial charge on any atom is 0.0485 e. The highest BCUT2D eigenvalue weighted by atomic mass is 16.4. The van der Waals surface area contributed by atoms with Gasteiger partial charge >= 0.3 is 0 Å². The second-order valence-electron chi connectivity index (χ2n) is 1.51. The van der Waals surface area contributed by atoms with Gasteiger partial charge < -0.3 is 10.6 Å². The van der Waals surface area contributed by atoms with Crippen molar-refractivity contribution in [2.75, 3.05) is 5.43 Å². The van der Waals surface area contributed by atoms with Crippen molar-refractivity contribution in [3.8, 4) is 0 Å². The number of para-hydroxylation sites is 1. The van der Waals surface area contributed by atoms with Gasteiger partial charge in [-0.1, -0.05) is 18.2 Å². The number of anilines is 1. The molecule has 0 spiro atoms. The quantitative estimate of drug-likeness (QED) is 0.335. The predicted octanol–water partition coefficient (Wildman–Crippen LogP) is 0.307. The van der Waals surface area contributed by atoms with E-state index in [9.17, 15) is 0 Å². The Labute approximate surface area is 59.4 Å². The third kappa shape index (κ3) is 3.03. The van der Waals surface area contributed by atoms with Crippen molar-refractivity contribution in [3.05, 3.63) is 30.3 Å². The van der Waals surface area contributed by atoms with E-state index in [4.69, 9.17) is 11.0 Å². The normalized spacial score (nSPS) is 7.50. The molecule has 0 aliphatic rings. The first-order valence-corrected chi connectivity index (χ1v) is 2.71. The zero-order valence-electron chi connectivity index (χ0n) is 5.49. The lowest BCUT2D eigenvalue weighted by Crippen LogP contribution is -2.05. The van der Waals surface area contributed by atoms with Crippen LogP contribution < -0.4 is 17.2 Å². The first-order valence-electron chi connectivity index (χ1n) is 2.71. The summed E-state index contributed by atoms with van der Waals surface area (Å²) >= 11 is 0. The minimum atomic E-state index is 0.938. The molecule has 1 rings (SSSR count). The molecule has 56 valence electrons. The van der Waals surface area contributed by atoms with Crippen LogP contribution in [-0.4, -0.2) is 5.21 Å². The molecule has 0 saturated heterocycles. The van der Waals surface area contributed by atoms with E-state index in [2.05, 4.69) is 11.3 Å². The van der Waals surface area contributed by atoms with Gasteiger partial charge in [-0.25, -0.2) is 5.90 Å². The van der Waals surface area contributed by atoms with Crippen LogP contribution in [-0.2, 0) is 0 Å². The Morgan fingerprint density at radius 3 is 1.90 bits per heavy atom. The molecule has 1 aromatic rings. The third-order valence-corrected chi connectivity index (χ3v) is 0.940. The van der Waals surface area contributed by atoms with Crippen molar-refractivity contribution in [2.24, 2.45) is 11.7 Å². The predicted molar refractivity (Wildman–Crippen MR) is 40.2 cm³/mol. The van der Waals surface area contributed by atoms with Gasteiger partial charge in [0.2, 0.25) is 0 Å². The molecule has 0 bridgehead atoms. The van der Waals surface area contributed by atoms with E-state index in [1.165, 1.54) is 0 Å². The van der Waals surface area contributed by atoms with E-state index < -0.39 is 0 Å². The average molecular weight is 141 g/mol. The minimum absolute atomic E-state index is 0.938. The number of hydrazine groups is 1. The fraction of sp³-hybridized carbons (Fsp3) is 0. The van der Waals surface area contributed by atoms with Crippen LogP contribution in [0, 0.1) is 0 Å². The maximum atomic E-state index is 6.50. The van der Waals surface area contributed by atoms with Gasteiger partial charge in [-0.3, -0.25) is 5.84 Å². The second-order valence-corrected chi connectivity index (χ2v) is 1.51. The van der Waals surface area contributed by atoms with Crippen molar-refractivity contribution in [2.45, 2.75) is 0 Å². The molecule has 6 N–H and O–H groups in total. The summed E-state index contributed by atoms with van der Waals surface area (Å²) in [5, 5.41) is 6.50. The number of hydrogen-bond donors (Lipinski definition) is 4. The number of benzene rings is 1. The summed E-state index contributed by atoms with van der Waals surface area (Å²) in [4.78, 5) is 0.